The van der Waals surface area contributed by atoms with Crippen molar-refractivity contribution in [3.63, 3.8) is 0 Å². The molecule has 1 fully saturated rings. The van der Waals surface area contributed by atoms with Gasteiger partial charge in [0.25, 0.3) is 0 Å². The van der Waals surface area contributed by atoms with Crippen LogP contribution in [0.5, 0.6) is 0 Å². The fourth-order valence-electron chi connectivity index (χ4n) is 4.82. The highest BCUT2D eigenvalue weighted by Gasteiger charge is 2.30. The third kappa shape index (κ3) is 4.53. The lowest BCUT2D eigenvalue weighted by Gasteiger charge is -2.27. The predicted molar refractivity (Wildman–Crippen MR) is 135 cm³/mol. The molecule has 168 valence electrons. The number of hydrogen-bond acceptors (Lipinski definition) is 2. The van der Waals surface area contributed by atoms with Gasteiger partial charge in [0.2, 0.25) is 5.91 Å². The topological polar surface area (TPSA) is 46.9 Å². The van der Waals surface area contributed by atoms with Gasteiger partial charge < -0.3 is 9.88 Å². The van der Waals surface area contributed by atoms with E-state index in [0.29, 0.717) is 5.02 Å². The number of nitrogens with zero attached hydrogens (tertiary/aromatic N) is 2. The summed E-state index contributed by atoms with van der Waals surface area (Å²) in [7, 11) is 0. The Bertz CT molecular complexity index is 1260. The highest BCUT2D eigenvalue weighted by Crippen LogP contribution is 2.33. The van der Waals surface area contributed by atoms with Crippen molar-refractivity contribution < 1.29 is 4.79 Å². The first kappa shape index (κ1) is 21.7. The second-order valence-electron chi connectivity index (χ2n) is 8.96. The summed E-state index contributed by atoms with van der Waals surface area (Å²) in [6, 6.07) is 23.7. The van der Waals surface area contributed by atoms with Crippen LogP contribution in [0, 0.1) is 6.92 Å². The van der Waals surface area contributed by atoms with E-state index in [1.165, 1.54) is 19.3 Å². The Morgan fingerprint density at radius 3 is 2.45 bits per heavy atom. The van der Waals surface area contributed by atoms with Gasteiger partial charge in [0.15, 0.2) is 0 Å². The smallest absolute Gasteiger partial charge is 0.248 e. The first-order chi connectivity index (χ1) is 16.1. The number of amides is 1. The highest BCUT2D eigenvalue weighted by atomic mass is 35.5. The Morgan fingerprint density at radius 1 is 1.00 bits per heavy atom. The minimum atomic E-state index is -0.533. The largest absolute Gasteiger partial charge is 0.351 e. The average Bonchev–Trinajstić information content (AvgIpc) is 3.20. The maximum Gasteiger partial charge on any atom is 0.248 e. The lowest BCUT2D eigenvalue weighted by molar-refractivity contribution is -0.124. The molecule has 0 saturated heterocycles. The quantitative estimate of drug-likeness (QED) is 0.362. The van der Waals surface area contributed by atoms with Crippen LogP contribution in [0.3, 0.4) is 0 Å². The fraction of sp³-hybridized carbons (Fsp3) is 0.286. The van der Waals surface area contributed by atoms with Crippen molar-refractivity contribution in [3.05, 3.63) is 88.9 Å². The van der Waals surface area contributed by atoms with Crippen LogP contribution in [0.4, 0.5) is 0 Å². The van der Waals surface area contributed by atoms with Crippen molar-refractivity contribution in [1.82, 2.24) is 14.9 Å². The first-order valence-electron chi connectivity index (χ1n) is 11.7. The van der Waals surface area contributed by atoms with Crippen molar-refractivity contribution in [2.45, 2.75) is 51.1 Å². The van der Waals surface area contributed by atoms with Gasteiger partial charge in [-0.05, 0) is 43.5 Å². The van der Waals surface area contributed by atoms with Crippen LogP contribution >= 0.6 is 11.6 Å². The van der Waals surface area contributed by atoms with Gasteiger partial charge in [-0.2, -0.15) is 0 Å². The van der Waals surface area contributed by atoms with Gasteiger partial charge in [-0.3, -0.25) is 4.79 Å². The SMILES string of the molecule is Cc1ccc(C(C(=O)NC2CCCCC2)n2c(-c3ccccc3)nc3cc(Cl)ccc32)cc1. The summed E-state index contributed by atoms with van der Waals surface area (Å²) in [5, 5.41) is 3.99. The summed E-state index contributed by atoms with van der Waals surface area (Å²) in [6.07, 6.45) is 5.67. The molecule has 1 aromatic heterocycles. The molecule has 1 atom stereocenters. The Labute approximate surface area is 199 Å². The zero-order chi connectivity index (χ0) is 22.8. The molecule has 1 N–H and O–H groups in total. The number of halogens is 1. The van der Waals surface area contributed by atoms with E-state index in [1.807, 2.05) is 48.5 Å². The zero-order valence-corrected chi connectivity index (χ0v) is 19.6. The molecule has 4 nitrogen and oxygen atoms in total. The van der Waals surface area contributed by atoms with Gasteiger partial charge in [0.05, 0.1) is 11.0 Å². The molecule has 1 aliphatic rings. The van der Waals surface area contributed by atoms with Crippen LogP contribution in [-0.2, 0) is 4.79 Å². The maximum absolute atomic E-state index is 13.9. The molecule has 4 aromatic rings. The van der Waals surface area contributed by atoms with E-state index in [4.69, 9.17) is 16.6 Å². The minimum Gasteiger partial charge on any atom is -0.351 e. The lowest BCUT2D eigenvalue weighted by atomic mass is 9.94. The number of hydrogen-bond donors (Lipinski definition) is 1. The number of aromatic nitrogens is 2. The molecule has 0 spiro atoms. The second kappa shape index (κ2) is 9.40. The fourth-order valence-corrected chi connectivity index (χ4v) is 4.98. The van der Waals surface area contributed by atoms with Crippen LogP contribution in [0.1, 0.15) is 49.3 Å². The molecule has 3 aromatic carbocycles. The van der Waals surface area contributed by atoms with E-state index in [0.717, 1.165) is 46.4 Å². The number of fused-ring (bicyclic) bond motifs is 1. The molecule has 1 unspecified atom stereocenters. The average molecular weight is 458 g/mol. The molecule has 0 bridgehead atoms. The van der Waals surface area contributed by atoms with Gasteiger partial charge >= 0.3 is 0 Å². The van der Waals surface area contributed by atoms with Gasteiger partial charge in [-0.15, -0.1) is 0 Å². The van der Waals surface area contributed by atoms with Crippen molar-refractivity contribution in [2.24, 2.45) is 0 Å². The summed E-state index contributed by atoms with van der Waals surface area (Å²) in [6.45, 7) is 2.06. The van der Waals surface area contributed by atoms with Crippen LogP contribution in [-0.4, -0.2) is 21.5 Å². The molecule has 5 heteroatoms. The van der Waals surface area contributed by atoms with Crippen molar-refractivity contribution in [2.75, 3.05) is 0 Å². The molecule has 1 saturated carbocycles. The summed E-state index contributed by atoms with van der Waals surface area (Å²) in [5.41, 5.74) is 4.75. The van der Waals surface area contributed by atoms with Gasteiger partial charge in [-0.25, -0.2) is 4.98 Å². The van der Waals surface area contributed by atoms with E-state index in [9.17, 15) is 4.79 Å². The monoisotopic (exact) mass is 457 g/mol. The third-order valence-corrected chi connectivity index (χ3v) is 6.77. The van der Waals surface area contributed by atoms with Crippen molar-refractivity contribution in [1.29, 1.82) is 0 Å². The predicted octanol–water partition coefficient (Wildman–Crippen LogP) is 6.70. The van der Waals surface area contributed by atoms with Gasteiger partial charge in [-0.1, -0.05) is 91.0 Å². The van der Waals surface area contributed by atoms with E-state index in [-0.39, 0.29) is 11.9 Å². The molecule has 0 radical (unpaired) electrons. The lowest BCUT2D eigenvalue weighted by Crippen LogP contribution is -2.41. The summed E-state index contributed by atoms with van der Waals surface area (Å²) < 4.78 is 2.07. The van der Waals surface area contributed by atoms with Crippen LogP contribution in [0.2, 0.25) is 5.02 Å². The number of carbonyl (C=O) groups is 1. The second-order valence-corrected chi connectivity index (χ2v) is 9.40. The summed E-state index contributed by atoms with van der Waals surface area (Å²) in [5.74, 6) is 0.773. The number of nitrogens with one attached hydrogen (secondary N) is 1. The Kier molecular flexibility index (Phi) is 6.19. The molecule has 1 amide bonds. The molecule has 1 heterocycles. The molecule has 33 heavy (non-hydrogen) atoms. The van der Waals surface area contributed by atoms with Crippen molar-refractivity contribution >= 4 is 28.5 Å². The summed E-state index contributed by atoms with van der Waals surface area (Å²) >= 11 is 6.30. The van der Waals surface area contributed by atoms with E-state index in [2.05, 4.69) is 41.1 Å². The third-order valence-electron chi connectivity index (χ3n) is 6.53. The van der Waals surface area contributed by atoms with E-state index < -0.39 is 6.04 Å². The van der Waals surface area contributed by atoms with Crippen LogP contribution < -0.4 is 5.32 Å². The van der Waals surface area contributed by atoms with Gasteiger partial charge in [0, 0.05) is 16.6 Å². The van der Waals surface area contributed by atoms with Crippen LogP contribution in [0.15, 0.2) is 72.8 Å². The molecular weight excluding hydrogens is 430 g/mol. The maximum atomic E-state index is 13.9. The Hall–Kier alpha value is -3.11. The molecule has 1 aliphatic carbocycles. The first-order valence-corrected chi connectivity index (χ1v) is 12.1. The number of aryl methyl sites for hydroxylation is 1. The van der Waals surface area contributed by atoms with Gasteiger partial charge in [0.1, 0.15) is 11.9 Å². The van der Waals surface area contributed by atoms with Crippen LogP contribution in [0.25, 0.3) is 22.4 Å². The van der Waals surface area contributed by atoms with Crippen molar-refractivity contribution in [3.8, 4) is 11.4 Å². The summed E-state index contributed by atoms with van der Waals surface area (Å²) in [4.78, 5) is 18.8. The normalized spacial score (nSPS) is 15.5. The number of rotatable bonds is 5. The minimum absolute atomic E-state index is 0.0113. The molecular formula is C28H28ClN3O. The number of carbonyl (C=O) groups excluding carboxylic acids is 1. The van der Waals surface area contributed by atoms with E-state index >= 15 is 0 Å². The van der Waals surface area contributed by atoms with E-state index in [1.54, 1.807) is 0 Å². The molecule has 5 rings (SSSR count). The number of imidazole rings is 1. The number of benzene rings is 3. The zero-order valence-electron chi connectivity index (χ0n) is 18.8. The Balaban J connectivity index is 1.69. The molecule has 0 aliphatic heterocycles. The highest BCUT2D eigenvalue weighted by molar-refractivity contribution is 6.31. The Morgan fingerprint density at radius 2 is 1.73 bits per heavy atom. The standard InChI is InChI=1S/C28H28ClN3O/c1-19-12-14-20(15-13-19)26(28(33)30-23-10-6-3-7-11-23)32-25-17-16-22(29)18-24(25)31-27(32)21-8-4-2-5-9-21/h2,4-5,8-9,12-18,23,26H,3,6-7,10-11H2,1H3,(H,30,33).